The standard InChI is InChI=1S/C49H41ClFN3O8/c1-60-34-21-24-40(61-2)28(25-34)10-7-27-8-19-33(20-9-27)53-45(56)36-23-22-35-38(42(36)47(53)58)26-39-46(57)54(52-32-17-15-31(51)16-18-32)48(59)49(39,29-11-13-30(50)14-12-29)43(35)37-5-4-6-41(62-3)44(37)55/h4-22,24-25,36,38-39,42-43,52,55H,23,26H2,1-3H3/t36-,38+,39-,42-,43+,49+/m0/s1. The first-order valence-corrected chi connectivity index (χ1v) is 20.5. The number of nitrogens with one attached hydrogen (secondary N) is 1. The predicted molar refractivity (Wildman–Crippen MR) is 231 cm³/mol. The first-order chi connectivity index (χ1) is 30.0. The number of allylic oxidation sites excluding steroid dienone is 2. The number of benzene rings is 5. The number of halogens is 2. The molecule has 4 amide bonds. The lowest BCUT2D eigenvalue weighted by Gasteiger charge is -2.50. The van der Waals surface area contributed by atoms with Gasteiger partial charge < -0.3 is 19.3 Å². The Bertz CT molecular complexity index is 2690. The minimum absolute atomic E-state index is 0.0351. The zero-order valence-corrected chi connectivity index (χ0v) is 34.6. The van der Waals surface area contributed by atoms with Crippen molar-refractivity contribution < 1.29 is 42.9 Å². The number of nitrogens with zero attached hydrogens (tertiary/aromatic N) is 2. The molecule has 4 aliphatic rings. The van der Waals surface area contributed by atoms with Crippen LogP contribution in [0.1, 0.15) is 41.0 Å². The van der Waals surface area contributed by atoms with Crippen LogP contribution in [0.2, 0.25) is 5.02 Å². The zero-order valence-electron chi connectivity index (χ0n) is 33.9. The molecule has 2 saturated heterocycles. The number of imide groups is 2. The number of fused-ring (bicyclic) bond motifs is 4. The van der Waals surface area contributed by atoms with Crippen molar-refractivity contribution in [3.05, 3.63) is 154 Å². The van der Waals surface area contributed by atoms with E-state index in [1.165, 1.54) is 36.3 Å². The third kappa shape index (κ3) is 6.39. The first-order valence-electron chi connectivity index (χ1n) is 20.1. The lowest BCUT2D eigenvalue weighted by molar-refractivity contribution is -0.138. The summed E-state index contributed by atoms with van der Waals surface area (Å²) in [4.78, 5) is 60.8. The van der Waals surface area contributed by atoms with Crippen molar-refractivity contribution in [3.8, 4) is 23.0 Å². The number of carbonyl (C=O) groups excluding carboxylic acids is 4. The summed E-state index contributed by atoms with van der Waals surface area (Å²) < 4.78 is 30.4. The van der Waals surface area contributed by atoms with Gasteiger partial charge in [-0.25, -0.2) is 4.39 Å². The third-order valence-corrected chi connectivity index (χ3v) is 13.1. The van der Waals surface area contributed by atoms with Crippen molar-refractivity contribution in [3.63, 3.8) is 0 Å². The average Bonchev–Trinajstić information content (AvgIpc) is 3.67. The largest absolute Gasteiger partial charge is 0.504 e. The van der Waals surface area contributed by atoms with Gasteiger partial charge in [-0.3, -0.25) is 29.5 Å². The first kappa shape index (κ1) is 40.5. The fourth-order valence-corrected chi connectivity index (χ4v) is 10.2. The second-order valence-corrected chi connectivity index (χ2v) is 16.3. The van der Waals surface area contributed by atoms with Gasteiger partial charge in [-0.05, 0) is 103 Å². The molecule has 314 valence electrons. The summed E-state index contributed by atoms with van der Waals surface area (Å²) in [6, 6.07) is 29.5. The highest BCUT2D eigenvalue weighted by atomic mass is 35.5. The fraction of sp³-hybridized carbons (Fsp3) is 0.224. The zero-order chi connectivity index (χ0) is 43.4. The Labute approximate surface area is 361 Å². The van der Waals surface area contributed by atoms with Crippen molar-refractivity contribution in [2.24, 2.45) is 23.7 Å². The normalized spacial score (nSPS) is 24.1. The molecule has 0 spiro atoms. The van der Waals surface area contributed by atoms with E-state index < -0.39 is 58.5 Å². The van der Waals surface area contributed by atoms with Crippen LogP contribution in [0.5, 0.6) is 23.0 Å². The number of hydrazine groups is 1. The molecule has 62 heavy (non-hydrogen) atoms. The Balaban J connectivity index is 1.12. The summed E-state index contributed by atoms with van der Waals surface area (Å²) in [6.07, 6.45) is 5.91. The minimum atomic E-state index is -1.67. The molecule has 5 aromatic carbocycles. The number of para-hydroxylation sites is 1. The molecule has 1 saturated carbocycles. The van der Waals surface area contributed by atoms with Crippen molar-refractivity contribution in [1.82, 2.24) is 5.01 Å². The van der Waals surface area contributed by atoms with Gasteiger partial charge in [0.1, 0.15) is 17.3 Å². The molecular formula is C49H41ClFN3O8. The molecule has 2 N–H and O–H groups in total. The lowest BCUT2D eigenvalue weighted by atomic mass is 9.49. The van der Waals surface area contributed by atoms with Gasteiger partial charge in [0, 0.05) is 22.1 Å². The number of carbonyl (C=O) groups is 4. The second-order valence-electron chi connectivity index (χ2n) is 15.8. The number of ether oxygens (including phenoxy) is 3. The van der Waals surface area contributed by atoms with Gasteiger partial charge in [0.05, 0.1) is 55.9 Å². The summed E-state index contributed by atoms with van der Waals surface area (Å²) in [5.74, 6) is -5.57. The quantitative estimate of drug-likeness (QED) is 0.0805. The maximum atomic E-state index is 15.4. The van der Waals surface area contributed by atoms with Gasteiger partial charge in [0.2, 0.25) is 11.8 Å². The molecule has 13 heteroatoms. The van der Waals surface area contributed by atoms with Gasteiger partial charge in [0.15, 0.2) is 11.5 Å². The molecule has 0 unspecified atom stereocenters. The fourth-order valence-electron chi connectivity index (χ4n) is 10.1. The molecule has 2 heterocycles. The van der Waals surface area contributed by atoms with Crippen LogP contribution in [-0.4, -0.2) is 55.1 Å². The van der Waals surface area contributed by atoms with E-state index >= 15 is 4.79 Å². The van der Waals surface area contributed by atoms with Gasteiger partial charge >= 0.3 is 0 Å². The number of phenols is 1. The molecule has 5 aromatic rings. The molecule has 2 aliphatic carbocycles. The summed E-state index contributed by atoms with van der Waals surface area (Å²) in [5, 5.41) is 13.3. The van der Waals surface area contributed by atoms with Crippen LogP contribution in [0, 0.1) is 29.5 Å². The number of rotatable bonds is 10. The maximum Gasteiger partial charge on any atom is 0.260 e. The van der Waals surface area contributed by atoms with Crippen LogP contribution in [0.3, 0.4) is 0 Å². The maximum absolute atomic E-state index is 15.4. The van der Waals surface area contributed by atoms with Crippen LogP contribution >= 0.6 is 11.6 Å². The van der Waals surface area contributed by atoms with Gasteiger partial charge in [-0.2, -0.15) is 5.01 Å². The van der Waals surface area contributed by atoms with Crippen molar-refractivity contribution in [1.29, 1.82) is 0 Å². The highest BCUT2D eigenvalue weighted by Crippen LogP contribution is 2.65. The number of hydrogen-bond donors (Lipinski definition) is 2. The molecule has 0 radical (unpaired) electrons. The number of amides is 4. The minimum Gasteiger partial charge on any atom is -0.504 e. The topological polar surface area (TPSA) is 135 Å². The number of methoxy groups -OCH3 is 3. The van der Waals surface area contributed by atoms with Gasteiger partial charge in [-0.1, -0.05) is 71.8 Å². The molecule has 9 rings (SSSR count). The van der Waals surface area contributed by atoms with Crippen LogP contribution in [0.25, 0.3) is 12.2 Å². The van der Waals surface area contributed by atoms with Crippen LogP contribution in [0.4, 0.5) is 15.8 Å². The summed E-state index contributed by atoms with van der Waals surface area (Å²) in [5.41, 5.74) is 5.02. The molecular weight excluding hydrogens is 813 g/mol. The lowest BCUT2D eigenvalue weighted by Crippen LogP contribution is -2.53. The van der Waals surface area contributed by atoms with Crippen molar-refractivity contribution in [2.45, 2.75) is 24.2 Å². The SMILES string of the molecule is COc1ccc(OC)c(C=Cc2ccc(N3C(=O)[C@H]4[C@H](CC=C5[C@H]4C[C@H]4C(=O)N(Nc6ccc(F)cc6)C(=O)[C@@]4(c4ccc(Cl)cc4)[C@H]5c4cccc(OC)c4O)C3=O)cc2)c1. The Morgan fingerprint density at radius 2 is 1.52 bits per heavy atom. The number of aromatic hydroxyl groups is 1. The van der Waals surface area contributed by atoms with Crippen LogP contribution < -0.4 is 24.5 Å². The number of phenolic OH excluding ortho intramolecular Hbond substituents is 1. The summed E-state index contributed by atoms with van der Waals surface area (Å²) >= 11 is 6.40. The Morgan fingerprint density at radius 1 is 0.790 bits per heavy atom. The van der Waals surface area contributed by atoms with E-state index in [2.05, 4.69) is 5.43 Å². The molecule has 3 fully saturated rings. The van der Waals surface area contributed by atoms with E-state index in [-0.39, 0.29) is 30.2 Å². The summed E-state index contributed by atoms with van der Waals surface area (Å²) in [6.45, 7) is 0. The van der Waals surface area contributed by atoms with E-state index in [9.17, 15) is 23.9 Å². The van der Waals surface area contributed by atoms with Gasteiger partial charge in [0.25, 0.3) is 11.8 Å². The van der Waals surface area contributed by atoms with E-state index in [1.807, 2.05) is 48.6 Å². The molecule has 0 bridgehead atoms. The van der Waals surface area contributed by atoms with E-state index in [1.54, 1.807) is 68.8 Å². The van der Waals surface area contributed by atoms with Gasteiger partial charge in [-0.15, -0.1) is 0 Å². The van der Waals surface area contributed by atoms with E-state index in [0.717, 1.165) is 16.1 Å². The van der Waals surface area contributed by atoms with Crippen LogP contribution in [0.15, 0.2) is 121 Å². The highest BCUT2D eigenvalue weighted by molar-refractivity contribution is 6.30. The molecule has 11 nitrogen and oxygen atoms in total. The number of anilines is 2. The molecule has 0 aromatic heterocycles. The predicted octanol–water partition coefficient (Wildman–Crippen LogP) is 8.57. The van der Waals surface area contributed by atoms with Crippen molar-refractivity contribution in [2.75, 3.05) is 31.7 Å². The van der Waals surface area contributed by atoms with E-state index in [4.69, 9.17) is 25.8 Å². The van der Waals surface area contributed by atoms with Crippen LogP contribution in [-0.2, 0) is 24.6 Å². The summed E-state index contributed by atoms with van der Waals surface area (Å²) in [7, 11) is 4.60. The highest BCUT2D eigenvalue weighted by Gasteiger charge is 2.70. The second kappa shape index (κ2) is 15.8. The Hall–Kier alpha value is -6.92. The Morgan fingerprint density at radius 3 is 2.21 bits per heavy atom. The van der Waals surface area contributed by atoms with Crippen molar-refractivity contribution >= 4 is 58.8 Å². The molecule has 6 atom stereocenters. The Kier molecular flexibility index (Phi) is 10.3. The average molecular weight is 854 g/mol. The smallest absolute Gasteiger partial charge is 0.260 e. The number of hydrogen-bond acceptors (Lipinski definition) is 9. The monoisotopic (exact) mass is 853 g/mol. The third-order valence-electron chi connectivity index (χ3n) is 12.9. The molecule has 2 aliphatic heterocycles. The van der Waals surface area contributed by atoms with E-state index in [0.29, 0.717) is 44.6 Å².